The molecule has 0 bridgehead atoms. The molecule has 0 spiro atoms. The van der Waals surface area contributed by atoms with Gasteiger partial charge in [-0.05, 0) is 30.3 Å². The first kappa shape index (κ1) is 16.3. The van der Waals surface area contributed by atoms with E-state index in [1.54, 1.807) is 12.1 Å². The molecule has 1 aromatic rings. The zero-order valence-corrected chi connectivity index (χ0v) is 14.8. The third-order valence-electron chi connectivity index (χ3n) is 4.57. The summed E-state index contributed by atoms with van der Waals surface area (Å²) in [6.45, 7) is 14.5. The largest absolute Gasteiger partial charge is 0.542 e. The number of anilines is 1. The molecule has 0 amide bonds. The number of nitrogens with one attached hydrogen (secondary N) is 1. The van der Waals surface area contributed by atoms with Gasteiger partial charge in [0, 0.05) is 37.9 Å². The van der Waals surface area contributed by atoms with Crippen molar-refractivity contribution >= 4 is 14.0 Å². The summed E-state index contributed by atoms with van der Waals surface area (Å²) >= 11 is 0. The standard InChI is InChI=1S/C16H27FN2OSi/c1-16(2,3)21(4,5)20-15-7-6-13(12-14(15)17)19-10-8-18-9-11-19/h6-7,12,18H,8-11H2,1-5H3. The van der Waals surface area contributed by atoms with Crippen molar-refractivity contribution in [3.8, 4) is 5.75 Å². The van der Waals surface area contributed by atoms with E-state index < -0.39 is 8.32 Å². The second-order valence-corrected chi connectivity index (χ2v) is 11.9. The van der Waals surface area contributed by atoms with Crippen LogP contribution in [0.2, 0.25) is 18.1 Å². The molecule has 1 saturated heterocycles. The van der Waals surface area contributed by atoms with E-state index in [9.17, 15) is 4.39 Å². The van der Waals surface area contributed by atoms with Crippen molar-refractivity contribution in [2.75, 3.05) is 31.1 Å². The summed E-state index contributed by atoms with van der Waals surface area (Å²) in [5.41, 5.74) is 0.941. The summed E-state index contributed by atoms with van der Waals surface area (Å²) in [5, 5.41) is 3.37. The molecule has 2 rings (SSSR count). The molecule has 1 N–H and O–H groups in total. The zero-order valence-electron chi connectivity index (χ0n) is 13.8. The lowest BCUT2D eigenvalue weighted by molar-refractivity contribution is 0.457. The molecule has 0 unspecified atom stereocenters. The van der Waals surface area contributed by atoms with Crippen molar-refractivity contribution in [1.82, 2.24) is 5.32 Å². The summed E-state index contributed by atoms with van der Waals surface area (Å²) in [7, 11) is -2.00. The first-order chi connectivity index (χ1) is 9.71. The maximum Gasteiger partial charge on any atom is 0.250 e. The molecule has 0 aliphatic carbocycles. The van der Waals surface area contributed by atoms with E-state index in [1.165, 1.54) is 0 Å². The first-order valence-corrected chi connectivity index (χ1v) is 10.6. The van der Waals surface area contributed by atoms with Crippen molar-refractivity contribution in [2.45, 2.75) is 38.9 Å². The van der Waals surface area contributed by atoms with E-state index in [4.69, 9.17) is 4.43 Å². The van der Waals surface area contributed by atoms with Gasteiger partial charge in [0.15, 0.2) is 5.82 Å². The molecule has 1 aliphatic rings. The van der Waals surface area contributed by atoms with Crippen molar-refractivity contribution < 1.29 is 8.82 Å². The minimum absolute atomic E-state index is 0.0661. The average Bonchev–Trinajstić information content (AvgIpc) is 2.40. The molecule has 118 valence electrons. The quantitative estimate of drug-likeness (QED) is 0.863. The smallest absolute Gasteiger partial charge is 0.250 e. The van der Waals surface area contributed by atoms with Gasteiger partial charge in [0.05, 0.1) is 0 Å². The fraction of sp³-hybridized carbons (Fsp3) is 0.625. The van der Waals surface area contributed by atoms with Crippen molar-refractivity contribution in [2.24, 2.45) is 0 Å². The lowest BCUT2D eigenvalue weighted by Gasteiger charge is -2.36. The number of hydrogen-bond donors (Lipinski definition) is 1. The third-order valence-corrected chi connectivity index (χ3v) is 8.91. The molecule has 0 radical (unpaired) electrons. The zero-order chi connectivity index (χ0) is 15.7. The van der Waals surface area contributed by atoms with Crippen LogP contribution in [0.25, 0.3) is 0 Å². The van der Waals surface area contributed by atoms with Gasteiger partial charge in [-0.15, -0.1) is 0 Å². The van der Waals surface area contributed by atoms with Crippen LogP contribution in [0.1, 0.15) is 20.8 Å². The van der Waals surface area contributed by atoms with Gasteiger partial charge in [0.1, 0.15) is 5.75 Å². The summed E-state index contributed by atoms with van der Waals surface area (Å²) in [4.78, 5) is 2.20. The number of nitrogens with zero attached hydrogens (tertiary/aromatic N) is 1. The fourth-order valence-corrected chi connectivity index (χ4v) is 3.14. The van der Waals surface area contributed by atoms with E-state index in [-0.39, 0.29) is 10.9 Å². The Morgan fingerprint density at radius 2 is 1.81 bits per heavy atom. The van der Waals surface area contributed by atoms with Crippen LogP contribution in [0.4, 0.5) is 10.1 Å². The van der Waals surface area contributed by atoms with Gasteiger partial charge in [-0.1, -0.05) is 20.8 Å². The lowest BCUT2D eigenvalue weighted by atomic mass is 10.2. The van der Waals surface area contributed by atoms with Gasteiger partial charge in [-0.2, -0.15) is 0 Å². The molecule has 5 heteroatoms. The summed E-state index contributed by atoms with van der Waals surface area (Å²) < 4.78 is 20.5. The summed E-state index contributed by atoms with van der Waals surface area (Å²) in [5.74, 6) is 0.135. The van der Waals surface area contributed by atoms with E-state index in [1.807, 2.05) is 6.07 Å². The summed E-state index contributed by atoms with van der Waals surface area (Å²) in [6.07, 6.45) is 0. The number of piperazine rings is 1. The second-order valence-electron chi connectivity index (χ2n) is 7.21. The van der Waals surface area contributed by atoms with Crippen molar-refractivity contribution in [3.63, 3.8) is 0 Å². The highest BCUT2D eigenvalue weighted by molar-refractivity contribution is 6.74. The van der Waals surface area contributed by atoms with Crippen LogP contribution in [0.15, 0.2) is 18.2 Å². The van der Waals surface area contributed by atoms with Crippen LogP contribution in [0.3, 0.4) is 0 Å². The molecular weight excluding hydrogens is 283 g/mol. The van der Waals surface area contributed by atoms with Crippen LogP contribution in [-0.4, -0.2) is 34.5 Å². The fourth-order valence-electron chi connectivity index (χ4n) is 2.12. The first-order valence-electron chi connectivity index (χ1n) is 7.65. The van der Waals surface area contributed by atoms with Crippen LogP contribution >= 0.6 is 0 Å². The molecule has 1 aliphatic heterocycles. The Labute approximate surface area is 128 Å². The topological polar surface area (TPSA) is 24.5 Å². The van der Waals surface area contributed by atoms with Crippen molar-refractivity contribution in [3.05, 3.63) is 24.0 Å². The molecular formula is C16H27FN2OSi. The molecule has 0 saturated carbocycles. The monoisotopic (exact) mass is 310 g/mol. The predicted molar refractivity (Wildman–Crippen MR) is 89.3 cm³/mol. The predicted octanol–water partition coefficient (Wildman–Crippen LogP) is 3.62. The highest BCUT2D eigenvalue weighted by Gasteiger charge is 2.39. The molecule has 1 heterocycles. The van der Waals surface area contributed by atoms with Crippen LogP contribution < -0.4 is 14.6 Å². The van der Waals surface area contributed by atoms with Gasteiger partial charge < -0.3 is 14.6 Å². The van der Waals surface area contributed by atoms with E-state index in [0.29, 0.717) is 5.75 Å². The highest BCUT2D eigenvalue weighted by atomic mass is 28.4. The number of hydrogen-bond acceptors (Lipinski definition) is 3. The van der Waals surface area contributed by atoms with E-state index in [2.05, 4.69) is 44.1 Å². The minimum Gasteiger partial charge on any atom is -0.542 e. The van der Waals surface area contributed by atoms with Crippen LogP contribution in [0.5, 0.6) is 5.75 Å². The SMILES string of the molecule is CC(C)(C)[Si](C)(C)Oc1ccc(N2CCNCC2)cc1F. The Hall–Kier alpha value is -1.07. The van der Waals surface area contributed by atoms with Gasteiger partial charge in [0.25, 0.3) is 8.32 Å². The normalized spacial score (nSPS) is 17.0. The van der Waals surface area contributed by atoms with E-state index >= 15 is 0 Å². The highest BCUT2D eigenvalue weighted by Crippen LogP contribution is 2.38. The molecule has 1 fully saturated rings. The molecule has 0 aromatic heterocycles. The van der Waals surface area contributed by atoms with Gasteiger partial charge in [-0.3, -0.25) is 0 Å². The average molecular weight is 310 g/mol. The molecule has 0 atom stereocenters. The third kappa shape index (κ3) is 3.77. The Morgan fingerprint density at radius 1 is 1.19 bits per heavy atom. The Morgan fingerprint density at radius 3 is 2.33 bits per heavy atom. The Kier molecular flexibility index (Phi) is 4.63. The lowest BCUT2D eigenvalue weighted by Crippen LogP contribution is -2.44. The van der Waals surface area contributed by atoms with E-state index in [0.717, 1.165) is 31.9 Å². The number of rotatable bonds is 3. The van der Waals surface area contributed by atoms with Gasteiger partial charge in [0.2, 0.25) is 0 Å². The summed E-state index contributed by atoms with van der Waals surface area (Å²) in [6, 6.07) is 5.36. The van der Waals surface area contributed by atoms with Crippen LogP contribution in [0, 0.1) is 5.82 Å². The van der Waals surface area contributed by atoms with Crippen LogP contribution in [-0.2, 0) is 0 Å². The number of halogens is 1. The Balaban J connectivity index is 2.16. The second kappa shape index (κ2) is 5.97. The number of benzene rings is 1. The molecule has 1 aromatic carbocycles. The maximum atomic E-state index is 14.4. The van der Waals surface area contributed by atoms with Gasteiger partial charge >= 0.3 is 0 Å². The van der Waals surface area contributed by atoms with Gasteiger partial charge in [-0.25, -0.2) is 4.39 Å². The Bertz CT molecular complexity index is 494. The maximum absolute atomic E-state index is 14.4. The minimum atomic E-state index is -2.00. The molecule has 3 nitrogen and oxygen atoms in total. The van der Waals surface area contributed by atoms with Crippen molar-refractivity contribution in [1.29, 1.82) is 0 Å². The molecule has 21 heavy (non-hydrogen) atoms.